The van der Waals surface area contributed by atoms with Crippen LogP contribution < -0.4 is 5.59 Å². The Hall–Kier alpha value is -0.760. The highest BCUT2D eigenvalue weighted by atomic mass is 16.7. The van der Waals surface area contributed by atoms with Crippen molar-refractivity contribution in [2.75, 3.05) is 66.1 Å². The van der Waals surface area contributed by atoms with E-state index in [9.17, 15) is 0 Å². The maximum Gasteiger partial charge on any atom is 0.0883 e. The van der Waals surface area contributed by atoms with E-state index in [0.29, 0.717) is 12.6 Å². The molecule has 2 rings (SSSR count). The number of likely N-dealkylation sites (N-methyl/N-ethyl adjacent to an activating group) is 1. The molecule has 6 heteroatoms. The first-order valence-electron chi connectivity index (χ1n) is 9.24. The predicted molar refractivity (Wildman–Crippen MR) is 97.5 cm³/mol. The van der Waals surface area contributed by atoms with E-state index < -0.39 is 0 Å². The van der Waals surface area contributed by atoms with E-state index in [1.165, 1.54) is 6.42 Å². The number of hydrazine groups is 1. The van der Waals surface area contributed by atoms with Gasteiger partial charge in [-0.2, -0.15) is 0 Å². The maximum atomic E-state index is 5.50. The first kappa shape index (κ1) is 19.6. The topological polar surface area (TPSA) is 40.2 Å². The van der Waals surface area contributed by atoms with Crippen LogP contribution in [0.5, 0.6) is 0 Å². The molecule has 0 aromatic rings. The molecule has 0 aliphatic carbocycles. The van der Waals surface area contributed by atoms with Crippen molar-refractivity contribution in [1.29, 1.82) is 0 Å². The van der Waals surface area contributed by atoms with Gasteiger partial charge in [0.2, 0.25) is 0 Å². The maximum absolute atomic E-state index is 5.50. The zero-order valence-electron chi connectivity index (χ0n) is 15.3. The first-order valence-corrected chi connectivity index (χ1v) is 9.24. The first-order chi connectivity index (χ1) is 11.8. The molecule has 1 atom stereocenters. The fraction of sp³-hybridized carbons (Fsp3) is 0.778. The summed E-state index contributed by atoms with van der Waals surface area (Å²) in [6, 6.07) is 0.602. The molecule has 2 saturated heterocycles. The Labute approximate surface area is 147 Å². The highest BCUT2D eigenvalue weighted by Gasteiger charge is 2.26. The number of hydrogen-bond acceptors (Lipinski definition) is 6. The van der Waals surface area contributed by atoms with Crippen molar-refractivity contribution in [3.63, 3.8) is 0 Å². The molecule has 138 valence electrons. The Morgan fingerprint density at radius 3 is 2.79 bits per heavy atom. The number of ether oxygens (including phenoxy) is 1. The fourth-order valence-corrected chi connectivity index (χ4v) is 3.02. The summed E-state index contributed by atoms with van der Waals surface area (Å²) in [6.07, 6.45) is 10.5. The molecule has 0 amide bonds. The number of nitrogens with one attached hydrogen (secondary N) is 1. The molecule has 0 spiro atoms. The predicted octanol–water partition coefficient (Wildman–Crippen LogP) is 1.28. The number of morpholine rings is 1. The highest BCUT2D eigenvalue weighted by molar-refractivity contribution is 5.01. The summed E-state index contributed by atoms with van der Waals surface area (Å²) in [6.45, 7) is 10.9. The van der Waals surface area contributed by atoms with E-state index in [1.54, 1.807) is 0 Å². The molecule has 0 bridgehead atoms. The van der Waals surface area contributed by atoms with E-state index >= 15 is 0 Å². The molecule has 2 fully saturated rings. The quantitative estimate of drug-likeness (QED) is 0.368. The molecular weight excluding hydrogens is 304 g/mol. The zero-order valence-corrected chi connectivity index (χ0v) is 15.3. The van der Waals surface area contributed by atoms with E-state index in [4.69, 9.17) is 9.57 Å². The van der Waals surface area contributed by atoms with Crippen LogP contribution >= 0.6 is 0 Å². The molecule has 2 aliphatic heterocycles. The third-order valence-electron chi connectivity index (χ3n) is 4.65. The molecule has 0 aromatic heterocycles. The molecule has 0 radical (unpaired) electrons. The Bertz CT molecular complexity index is 383. The summed E-state index contributed by atoms with van der Waals surface area (Å²) in [7, 11) is 2.23. The lowest BCUT2D eigenvalue weighted by molar-refractivity contribution is -0.0631. The van der Waals surface area contributed by atoms with Gasteiger partial charge in [-0.25, -0.2) is 5.01 Å². The minimum atomic E-state index is 0.585. The van der Waals surface area contributed by atoms with Crippen molar-refractivity contribution in [3.05, 3.63) is 24.3 Å². The number of nitrogens with zero attached hydrogens (tertiary/aromatic N) is 3. The number of hydrogen-bond donors (Lipinski definition) is 1. The zero-order chi connectivity index (χ0) is 17.0. The molecule has 0 aromatic carbocycles. The lowest BCUT2D eigenvalue weighted by Gasteiger charge is -2.30. The molecular formula is C18H34N4O2. The summed E-state index contributed by atoms with van der Waals surface area (Å²) < 4.78 is 5.40. The second-order valence-corrected chi connectivity index (χ2v) is 6.49. The lowest BCUT2D eigenvalue weighted by atomic mass is 10.2. The van der Waals surface area contributed by atoms with Gasteiger partial charge < -0.3 is 9.64 Å². The molecule has 6 nitrogen and oxygen atoms in total. The third kappa shape index (κ3) is 7.42. The van der Waals surface area contributed by atoms with Crippen LogP contribution in [-0.4, -0.2) is 87.0 Å². The lowest BCUT2D eigenvalue weighted by Crippen LogP contribution is -2.44. The van der Waals surface area contributed by atoms with Crippen LogP contribution in [0.2, 0.25) is 0 Å². The monoisotopic (exact) mass is 338 g/mol. The summed E-state index contributed by atoms with van der Waals surface area (Å²) >= 11 is 0. The molecule has 24 heavy (non-hydrogen) atoms. The normalized spacial score (nSPS) is 24.0. The van der Waals surface area contributed by atoms with Crippen LogP contribution in [0.15, 0.2) is 24.3 Å². The van der Waals surface area contributed by atoms with Gasteiger partial charge in [0.1, 0.15) is 0 Å². The Morgan fingerprint density at radius 2 is 2.00 bits per heavy atom. The van der Waals surface area contributed by atoms with Gasteiger partial charge in [-0.15, -0.1) is 5.59 Å². The van der Waals surface area contributed by atoms with Crippen LogP contribution in [0.4, 0.5) is 0 Å². The second kappa shape index (κ2) is 11.7. The largest absolute Gasteiger partial charge is 0.379 e. The van der Waals surface area contributed by atoms with E-state index in [1.807, 2.05) is 12.2 Å². The van der Waals surface area contributed by atoms with Crippen LogP contribution in [-0.2, 0) is 9.57 Å². The molecule has 2 aliphatic rings. The van der Waals surface area contributed by atoms with Crippen LogP contribution in [0.25, 0.3) is 0 Å². The van der Waals surface area contributed by atoms with Crippen LogP contribution in [0, 0.1) is 0 Å². The molecule has 1 N–H and O–H groups in total. The SMILES string of the molecule is CC/C=C\C=C/CONN1CCC(N(C)CCN2CCOCC2)C1. The third-order valence-corrected chi connectivity index (χ3v) is 4.65. The minimum absolute atomic E-state index is 0.585. The van der Waals surface area contributed by atoms with Crippen molar-refractivity contribution in [2.24, 2.45) is 0 Å². The fourth-order valence-electron chi connectivity index (χ4n) is 3.02. The van der Waals surface area contributed by atoms with Crippen LogP contribution in [0.3, 0.4) is 0 Å². The Balaban J connectivity index is 1.54. The molecule has 1 unspecified atom stereocenters. The van der Waals surface area contributed by atoms with Gasteiger partial charge in [0.15, 0.2) is 0 Å². The molecule has 2 heterocycles. The average molecular weight is 338 g/mol. The second-order valence-electron chi connectivity index (χ2n) is 6.49. The van der Waals surface area contributed by atoms with Gasteiger partial charge in [-0.3, -0.25) is 9.74 Å². The van der Waals surface area contributed by atoms with Crippen LogP contribution in [0.1, 0.15) is 19.8 Å². The summed E-state index contributed by atoms with van der Waals surface area (Å²) in [4.78, 5) is 10.5. The Morgan fingerprint density at radius 1 is 1.21 bits per heavy atom. The van der Waals surface area contributed by atoms with Crippen molar-refractivity contribution < 1.29 is 9.57 Å². The minimum Gasteiger partial charge on any atom is -0.379 e. The van der Waals surface area contributed by atoms with Crippen molar-refractivity contribution in [3.8, 4) is 0 Å². The van der Waals surface area contributed by atoms with E-state index in [0.717, 1.165) is 58.9 Å². The van der Waals surface area contributed by atoms with Gasteiger partial charge >= 0.3 is 0 Å². The molecule has 0 saturated carbocycles. The Kier molecular flexibility index (Phi) is 9.57. The number of allylic oxidation sites excluding steroid dienone is 3. The van der Waals surface area contributed by atoms with Crippen molar-refractivity contribution in [2.45, 2.75) is 25.8 Å². The van der Waals surface area contributed by atoms with Gasteiger partial charge in [0, 0.05) is 45.3 Å². The van der Waals surface area contributed by atoms with Gasteiger partial charge in [0.05, 0.1) is 19.8 Å². The van der Waals surface area contributed by atoms with Gasteiger partial charge in [-0.1, -0.05) is 31.2 Å². The van der Waals surface area contributed by atoms with Gasteiger partial charge in [-0.05, 0) is 19.9 Å². The highest BCUT2D eigenvalue weighted by Crippen LogP contribution is 2.12. The smallest absolute Gasteiger partial charge is 0.0883 e. The standard InChI is InChI=1S/C18H34N4O2/c1-3-4-5-6-7-14-24-19-22-9-8-18(17-22)20(2)10-11-21-12-15-23-16-13-21/h4-7,18-19H,3,8-17H2,1-2H3/b5-4-,7-6-. The van der Waals surface area contributed by atoms with Crippen molar-refractivity contribution in [1.82, 2.24) is 20.4 Å². The van der Waals surface area contributed by atoms with E-state index in [2.05, 4.69) is 46.5 Å². The van der Waals surface area contributed by atoms with E-state index in [-0.39, 0.29) is 0 Å². The summed E-state index contributed by atoms with van der Waals surface area (Å²) in [5.41, 5.74) is 3.07. The average Bonchev–Trinajstić information content (AvgIpc) is 3.09. The van der Waals surface area contributed by atoms with Crippen molar-refractivity contribution >= 4 is 0 Å². The summed E-state index contributed by atoms with van der Waals surface area (Å²) in [5.74, 6) is 0. The number of rotatable bonds is 10. The van der Waals surface area contributed by atoms with Gasteiger partial charge in [0.25, 0.3) is 0 Å². The summed E-state index contributed by atoms with van der Waals surface area (Å²) in [5, 5.41) is 2.17.